The third-order valence-corrected chi connectivity index (χ3v) is 3.68. The molecule has 0 saturated heterocycles. The van der Waals surface area contributed by atoms with E-state index < -0.39 is 7.37 Å². The molecule has 0 aliphatic heterocycles. The second-order valence-electron chi connectivity index (χ2n) is 4.50. The summed E-state index contributed by atoms with van der Waals surface area (Å²) in [6, 6.07) is 9.33. The molecule has 0 aromatic heterocycles. The van der Waals surface area contributed by atoms with Crippen LogP contribution in [-0.2, 0) is 9.36 Å². The zero-order valence-corrected chi connectivity index (χ0v) is 11.5. The summed E-state index contributed by atoms with van der Waals surface area (Å²) < 4.78 is 11.0. The molecule has 5 heteroatoms. The number of hydrogen-bond donors (Lipinski definition) is 2. The molecule has 2 N–H and O–H groups in total. The number of amides is 1. The topological polar surface area (TPSA) is 66.4 Å². The van der Waals surface area contributed by atoms with Crippen molar-refractivity contribution in [2.75, 3.05) is 18.1 Å². The highest BCUT2D eigenvalue weighted by Gasteiger charge is 2.08. The molecule has 0 fully saturated rings. The molecule has 18 heavy (non-hydrogen) atoms. The van der Waals surface area contributed by atoms with Crippen molar-refractivity contribution in [3.63, 3.8) is 0 Å². The van der Waals surface area contributed by atoms with Crippen molar-refractivity contribution in [1.29, 1.82) is 0 Å². The third kappa shape index (κ3) is 7.25. The molecule has 0 saturated carbocycles. The molecule has 0 radical (unpaired) electrons. The van der Waals surface area contributed by atoms with E-state index in [2.05, 4.69) is 5.32 Å². The maximum Gasteiger partial charge on any atom is 0.224 e. The number of anilines is 1. The number of para-hydroxylation sites is 1. The van der Waals surface area contributed by atoms with E-state index in [1.54, 1.807) is 0 Å². The lowest BCUT2D eigenvalue weighted by Crippen LogP contribution is -2.10. The van der Waals surface area contributed by atoms with Crippen LogP contribution in [-0.4, -0.2) is 23.6 Å². The molecule has 100 valence electrons. The Hall–Kier alpha value is -1.12. The lowest BCUT2D eigenvalue weighted by atomic mass is 10.2. The summed E-state index contributed by atoms with van der Waals surface area (Å²) in [6.07, 6.45) is 3.05. The van der Waals surface area contributed by atoms with Crippen molar-refractivity contribution in [3.8, 4) is 0 Å². The van der Waals surface area contributed by atoms with Gasteiger partial charge in [-0.1, -0.05) is 24.6 Å². The zero-order valence-electron chi connectivity index (χ0n) is 10.6. The van der Waals surface area contributed by atoms with Gasteiger partial charge in [0, 0.05) is 24.9 Å². The van der Waals surface area contributed by atoms with E-state index in [4.69, 9.17) is 4.89 Å². The van der Waals surface area contributed by atoms with Crippen molar-refractivity contribution < 1.29 is 14.3 Å². The highest BCUT2D eigenvalue weighted by atomic mass is 31.2. The van der Waals surface area contributed by atoms with Gasteiger partial charge < -0.3 is 10.2 Å². The van der Waals surface area contributed by atoms with E-state index in [0.29, 0.717) is 19.0 Å². The normalized spacial score (nSPS) is 13.9. The molecule has 0 aliphatic rings. The molecular formula is C13H20NO3P. The molecule has 0 aliphatic carbocycles. The number of hydrogen-bond acceptors (Lipinski definition) is 2. The first-order chi connectivity index (χ1) is 8.47. The minimum atomic E-state index is -2.88. The number of nitrogens with one attached hydrogen (secondary N) is 1. The first-order valence-corrected chi connectivity index (χ1v) is 8.41. The largest absolute Gasteiger partial charge is 0.344 e. The van der Waals surface area contributed by atoms with Gasteiger partial charge in [0.1, 0.15) is 0 Å². The van der Waals surface area contributed by atoms with Gasteiger partial charge in [-0.05, 0) is 25.0 Å². The van der Waals surface area contributed by atoms with E-state index in [0.717, 1.165) is 18.5 Å². The molecule has 0 spiro atoms. The van der Waals surface area contributed by atoms with E-state index in [9.17, 15) is 9.36 Å². The molecule has 1 amide bonds. The molecule has 0 heterocycles. The van der Waals surface area contributed by atoms with Gasteiger partial charge in [0.25, 0.3) is 0 Å². The Kier molecular flexibility index (Phi) is 6.10. The highest BCUT2D eigenvalue weighted by Crippen LogP contribution is 2.36. The maximum atomic E-state index is 11.6. The molecular weight excluding hydrogens is 249 g/mol. The van der Waals surface area contributed by atoms with Gasteiger partial charge in [-0.25, -0.2) is 0 Å². The Morgan fingerprint density at radius 3 is 2.50 bits per heavy atom. The summed E-state index contributed by atoms with van der Waals surface area (Å²) in [4.78, 5) is 20.7. The van der Waals surface area contributed by atoms with Crippen molar-refractivity contribution in [1.82, 2.24) is 0 Å². The predicted octanol–water partition coefficient (Wildman–Crippen LogP) is 3.09. The highest BCUT2D eigenvalue weighted by molar-refractivity contribution is 7.57. The van der Waals surface area contributed by atoms with Crippen LogP contribution in [0.1, 0.15) is 25.7 Å². The lowest BCUT2D eigenvalue weighted by molar-refractivity contribution is -0.116. The van der Waals surface area contributed by atoms with Gasteiger partial charge in [0.15, 0.2) is 7.37 Å². The molecule has 1 atom stereocenters. The van der Waals surface area contributed by atoms with Crippen LogP contribution in [0.2, 0.25) is 0 Å². The number of benzene rings is 1. The average molecular weight is 269 g/mol. The third-order valence-electron chi connectivity index (χ3n) is 2.53. The predicted molar refractivity (Wildman–Crippen MR) is 74.2 cm³/mol. The van der Waals surface area contributed by atoms with Gasteiger partial charge >= 0.3 is 0 Å². The van der Waals surface area contributed by atoms with Crippen LogP contribution in [0, 0.1) is 0 Å². The fraction of sp³-hybridized carbons (Fsp3) is 0.462. The molecule has 4 nitrogen and oxygen atoms in total. The first kappa shape index (κ1) is 14.9. The van der Waals surface area contributed by atoms with Crippen LogP contribution in [0.3, 0.4) is 0 Å². The van der Waals surface area contributed by atoms with Crippen LogP contribution in [0.4, 0.5) is 5.69 Å². The number of rotatable bonds is 7. The second-order valence-corrected chi connectivity index (χ2v) is 7.05. The van der Waals surface area contributed by atoms with Crippen molar-refractivity contribution in [2.24, 2.45) is 0 Å². The van der Waals surface area contributed by atoms with E-state index in [1.807, 2.05) is 30.3 Å². The minimum absolute atomic E-state index is 0.00937. The number of carbonyl (C=O) groups excluding carboxylic acids is 1. The summed E-state index contributed by atoms with van der Waals surface area (Å²) in [5.74, 6) is -0.00937. The Balaban J connectivity index is 2.13. The van der Waals surface area contributed by atoms with Crippen LogP contribution >= 0.6 is 7.37 Å². The smallest absolute Gasteiger partial charge is 0.224 e. The Labute approximate surface area is 108 Å². The van der Waals surface area contributed by atoms with Gasteiger partial charge in [0.2, 0.25) is 5.91 Å². The van der Waals surface area contributed by atoms with Gasteiger partial charge in [-0.2, -0.15) is 0 Å². The van der Waals surface area contributed by atoms with Crippen LogP contribution in [0.25, 0.3) is 0 Å². The summed E-state index contributed by atoms with van der Waals surface area (Å²) in [5.41, 5.74) is 0.802. The quantitative estimate of drug-likeness (QED) is 0.590. The molecule has 1 unspecified atom stereocenters. The van der Waals surface area contributed by atoms with E-state index >= 15 is 0 Å². The minimum Gasteiger partial charge on any atom is -0.344 e. The average Bonchev–Trinajstić information content (AvgIpc) is 2.28. The van der Waals surface area contributed by atoms with Crippen molar-refractivity contribution in [2.45, 2.75) is 25.7 Å². The summed E-state index contributed by atoms with van der Waals surface area (Å²) in [5, 5.41) is 2.81. The van der Waals surface area contributed by atoms with Crippen molar-refractivity contribution >= 4 is 19.0 Å². The maximum absolute atomic E-state index is 11.6. The van der Waals surface area contributed by atoms with Gasteiger partial charge in [0.05, 0.1) is 0 Å². The molecule has 1 rings (SSSR count). The Bertz CT molecular complexity index is 414. The zero-order chi connectivity index (χ0) is 13.4. The van der Waals surface area contributed by atoms with E-state index in [-0.39, 0.29) is 5.91 Å². The summed E-state index contributed by atoms with van der Waals surface area (Å²) >= 11 is 0. The summed E-state index contributed by atoms with van der Waals surface area (Å²) in [7, 11) is -2.88. The first-order valence-electron chi connectivity index (χ1n) is 6.11. The monoisotopic (exact) mass is 269 g/mol. The SMILES string of the molecule is CP(=O)(O)CCCCCC(=O)Nc1ccccc1. The van der Waals surface area contributed by atoms with E-state index in [1.165, 1.54) is 6.66 Å². The standard InChI is InChI=1S/C13H20NO3P/c1-18(16,17)11-7-3-6-10-13(15)14-12-8-4-2-5-9-12/h2,4-5,8-9H,3,6-7,10-11H2,1H3,(H,14,15)(H,16,17). The van der Waals surface area contributed by atoms with Crippen LogP contribution < -0.4 is 5.32 Å². The summed E-state index contributed by atoms with van der Waals surface area (Å²) in [6.45, 7) is 1.37. The molecule has 1 aromatic rings. The van der Waals surface area contributed by atoms with Crippen molar-refractivity contribution in [3.05, 3.63) is 30.3 Å². The molecule has 1 aromatic carbocycles. The fourth-order valence-corrected chi connectivity index (χ4v) is 2.42. The second kappa shape index (κ2) is 7.34. The fourth-order valence-electron chi connectivity index (χ4n) is 1.61. The van der Waals surface area contributed by atoms with Gasteiger partial charge in [-0.15, -0.1) is 0 Å². The van der Waals surface area contributed by atoms with Crippen LogP contribution in [0.5, 0.6) is 0 Å². The Morgan fingerprint density at radius 1 is 1.22 bits per heavy atom. The van der Waals surface area contributed by atoms with Crippen LogP contribution in [0.15, 0.2) is 30.3 Å². The lowest BCUT2D eigenvalue weighted by Gasteiger charge is -2.06. The molecule has 0 bridgehead atoms. The number of unbranched alkanes of at least 4 members (excludes halogenated alkanes) is 2. The Morgan fingerprint density at radius 2 is 1.89 bits per heavy atom. The van der Waals surface area contributed by atoms with Gasteiger partial charge in [-0.3, -0.25) is 9.36 Å². The number of carbonyl (C=O) groups is 1.